The predicted molar refractivity (Wildman–Crippen MR) is 124 cm³/mol. The molecule has 1 N–H and O–H groups in total. The smallest absolute Gasteiger partial charge is 0.294 e. The van der Waals surface area contributed by atoms with Gasteiger partial charge in [-0.3, -0.25) is 19.3 Å². The maximum atomic E-state index is 12.8. The molecule has 1 fully saturated rings. The number of hydrogen-bond donors (Lipinski definition) is 1. The first-order valence-electron chi connectivity index (χ1n) is 10.2. The van der Waals surface area contributed by atoms with Crippen LogP contribution in [0.15, 0.2) is 47.4 Å². The Morgan fingerprint density at radius 2 is 1.90 bits per heavy atom. The zero-order valence-corrected chi connectivity index (χ0v) is 18.9. The summed E-state index contributed by atoms with van der Waals surface area (Å²) in [7, 11) is 0. The van der Waals surface area contributed by atoms with E-state index in [0.29, 0.717) is 17.0 Å². The molecule has 31 heavy (non-hydrogen) atoms. The summed E-state index contributed by atoms with van der Waals surface area (Å²) in [5, 5.41) is 2.28. The number of amides is 3. The lowest BCUT2D eigenvalue weighted by atomic mass is 10.1. The maximum absolute atomic E-state index is 12.8. The summed E-state index contributed by atoms with van der Waals surface area (Å²) in [4.78, 5) is 38.8. The van der Waals surface area contributed by atoms with E-state index < -0.39 is 17.1 Å². The second-order valence-corrected chi connectivity index (χ2v) is 8.48. The van der Waals surface area contributed by atoms with Gasteiger partial charge in [-0.05, 0) is 74.4 Å². The minimum Gasteiger partial charge on any atom is -0.490 e. The molecule has 1 aliphatic heterocycles. The highest BCUT2D eigenvalue weighted by molar-refractivity contribution is 8.18. The lowest BCUT2D eigenvalue weighted by Gasteiger charge is -2.15. The van der Waals surface area contributed by atoms with Crippen molar-refractivity contribution < 1.29 is 19.1 Å². The molecule has 0 saturated carbocycles. The molecule has 162 valence electrons. The van der Waals surface area contributed by atoms with Gasteiger partial charge in [0.2, 0.25) is 5.91 Å². The minimum absolute atomic E-state index is 0.0266. The number of nitrogens with zero attached hydrogens (tertiary/aromatic N) is 1. The molecule has 1 atom stereocenters. The topological polar surface area (TPSA) is 75.7 Å². The molecule has 0 aromatic heterocycles. The van der Waals surface area contributed by atoms with Crippen LogP contribution in [0.1, 0.15) is 37.0 Å². The van der Waals surface area contributed by atoms with Gasteiger partial charge in [-0.25, -0.2) is 0 Å². The fraction of sp³-hybridized carbons (Fsp3) is 0.292. The van der Waals surface area contributed by atoms with Gasteiger partial charge in [0.1, 0.15) is 12.3 Å². The van der Waals surface area contributed by atoms with Crippen molar-refractivity contribution in [3.63, 3.8) is 0 Å². The lowest BCUT2D eigenvalue weighted by molar-refractivity contribution is -0.127. The Bertz CT molecular complexity index is 1050. The van der Waals surface area contributed by atoms with Crippen LogP contribution in [-0.2, 0) is 9.59 Å². The number of rotatable bonds is 7. The Labute approximate surface area is 186 Å². The molecule has 6 nitrogen and oxygen atoms in total. The molecule has 0 aliphatic carbocycles. The van der Waals surface area contributed by atoms with Crippen molar-refractivity contribution in [3.05, 3.63) is 64.1 Å². The van der Waals surface area contributed by atoms with E-state index in [0.717, 1.165) is 34.2 Å². The van der Waals surface area contributed by atoms with Gasteiger partial charge in [0.15, 0.2) is 0 Å². The number of ether oxygens (including phenoxy) is 1. The van der Waals surface area contributed by atoms with Crippen molar-refractivity contribution in [2.45, 2.75) is 40.2 Å². The van der Waals surface area contributed by atoms with Gasteiger partial charge in [-0.1, -0.05) is 31.2 Å². The van der Waals surface area contributed by atoms with Gasteiger partial charge in [-0.15, -0.1) is 0 Å². The van der Waals surface area contributed by atoms with Gasteiger partial charge in [0, 0.05) is 11.3 Å². The highest BCUT2D eigenvalue weighted by Crippen LogP contribution is 2.34. The molecular formula is C24H26N2O4S. The van der Waals surface area contributed by atoms with Crippen molar-refractivity contribution in [1.29, 1.82) is 0 Å². The highest BCUT2D eigenvalue weighted by atomic mass is 32.2. The van der Waals surface area contributed by atoms with Crippen LogP contribution in [0.4, 0.5) is 10.5 Å². The lowest BCUT2D eigenvalue weighted by Crippen LogP contribution is -2.36. The second kappa shape index (κ2) is 9.83. The number of anilines is 1. The van der Waals surface area contributed by atoms with E-state index in [1.54, 1.807) is 12.1 Å². The number of para-hydroxylation sites is 1. The zero-order valence-electron chi connectivity index (χ0n) is 18.1. The molecule has 2 aromatic rings. The summed E-state index contributed by atoms with van der Waals surface area (Å²) < 4.78 is 5.91. The van der Waals surface area contributed by atoms with Gasteiger partial charge in [0.25, 0.3) is 11.1 Å². The normalized spacial score (nSPS) is 16.0. The van der Waals surface area contributed by atoms with Crippen LogP contribution >= 0.6 is 11.8 Å². The van der Waals surface area contributed by atoms with E-state index in [4.69, 9.17) is 4.74 Å². The number of imide groups is 1. The average molecular weight is 439 g/mol. The number of aryl methyl sites for hydroxylation is 2. The maximum Gasteiger partial charge on any atom is 0.294 e. The molecular weight excluding hydrogens is 412 g/mol. The number of nitrogens with one attached hydrogen (secondary N) is 1. The standard InChI is InChI=1S/C24H26N2O4S/c1-5-17(4)30-20-9-7-6-8-18(20)13-21-23(28)26(24(29)31-21)14-22(27)25-19-11-10-15(2)16(3)12-19/h6-13,17H,5,14H2,1-4H3,(H,25,27)/b21-13+/t17-/m0/s1. The third kappa shape index (κ3) is 5.55. The number of thioether (sulfide) groups is 1. The summed E-state index contributed by atoms with van der Waals surface area (Å²) >= 11 is 0.826. The molecule has 1 heterocycles. The summed E-state index contributed by atoms with van der Waals surface area (Å²) in [6.07, 6.45) is 2.52. The van der Waals surface area contributed by atoms with Crippen molar-refractivity contribution in [2.75, 3.05) is 11.9 Å². The van der Waals surface area contributed by atoms with Gasteiger partial charge in [0.05, 0.1) is 11.0 Å². The van der Waals surface area contributed by atoms with Gasteiger partial charge in [-0.2, -0.15) is 0 Å². The van der Waals surface area contributed by atoms with Crippen LogP contribution in [-0.4, -0.2) is 34.6 Å². The van der Waals surface area contributed by atoms with E-state index in [2.05, 4.69) is 5.32 Å². The first kappa shape index (κ1) is 22.6. The molecule has 0 radical (unpaired) electrons. The molecule has 0 unspecified atom stereocenters. The van der Waals surface area contributed by atoms with Crippen molar-refractivity contribution >= 4 is 40.6 Å². The fourth-order valence-electron chi connectivity index (χ4n) is 2.95. The summed E-state index contributed by atoms with van der Waals surface area (Å²) in [6, 6.07) is 12.9. The van der Waals surface area contributed by atoms with Gasteiger partial charge < -0.3 is 10.1 Å². The zero-order chi connectivity index (χ0) is 22.5. The Morgan fingerprint density at radius 3 is 2.61 bits per heavy atom. The third-order valence-electron chi connectivity index (χ3n) is 5.07. The van der Waals surface area contributed by atoms with E-state index in [9.17, 15) is 14.4 Å². The summed E-state index contributed by atoms with van der Waals surface area (Å²) in [5.74, 6) is -0.257. The van der Waals surface area contributed by atoms with Gasteiger partial charge >= 0.3 is 0 Å². The molecule has 0 spiro atoms. The number of benzene rings is 2. The van der Waals surface area contributed by atoms with Crippen LogP contribution in [0.3, 0.4) is 0 Å². The van der Waals surface area contributed by atoms with E-state index in [-0.39, 0.29) is 17.6 Å². The molecule has 3 amide bonds. The highest BCUT2D eigenvalue weighted by Gasteiger charge is 2.36. The monoisotopic (exact) mass is 438 g/mol. The number of carbonyl (C=O) groups is 3. The Hall–Kier alpha value is -3.06. The first-order valence-corrected chi connectivity index (χ1v) is 11.0. The quantitative estimate of drug-likeness (QED) is 0.605. The van der Waals surface area contributed by atoms with Crippen LogP contribution in [0.25, 0.3) is 6.08 Å². The molecule has 2 aromatic carbocycles. The van der Waals surface area contributed by atoms with Crippen molar-refractivity contribution in [1.82, 2.24) is 4.90 Å². The minimum atomic E-state index is -0.483. The van der Waals surface area contributed by atoms with Crippen LogP contribution in [0.2, 0.25) is 0 Å². The van der Waals surface area contributed by atoms with E-state index in [1.165, 1.54) is 0 Å². The third-order valence-corrected chi connectivity index (χ3v) is 5.98. The van der Waals surface area contributed by atoms with Crippen LogP contribution in [0.5, 0.6) is 5.75 Å². The number of hydrogen-bond acceptors (Lipinski definition) is 5. The Kier molecular flexibility index (Phi) is 7.17. The Morgan fingerprint density at radius 1 is 1.16 bits per heavy atom. The van der Waals surface area contributed by atoms with Crippen molar-refractivity contribution in [2.24, 2.45) is 0 Å². The fourth-order valence-corrected chi connectivity index (χ4v) is 3.78. The molecule has 1 aliphatic rings. The summed E-state index contributed by atoms with van der Waals surface area (Å²) in [5.41, 5.74) is 3.51. The first-order chi connectivity index (χ1) is 14.8. The molecule has 3 rings (SSSR count). The van der Waals surface area contributed by atoms with Crippen LogP contribution < -0.4 is 10.1 Å². The van der Waals surface area contributed by atoms with Crippen molar-refractivity contribution in [3.8, 4) is 5.75 Å². The number of carbonyl (C=O) groups excluding carboxylic acids is 3. The largest absolute Gasteiger partial charge is 0.490 e. The molecule has 0 bridgehead atoms. The predicted octanol–water partition coefficient (Wildman–Crippen LogP) is 5.16. The Balaban J connectivity index is 1.72. The average Bonchev–Trinajstić information content (AvgIpc) is 2.99. The molecule has 7 heteroatoms. The SMILES string of the molecule is CC[C@H](C)Oc1ccccc1/C=C1/SC(=O)N(CC(=O)Nc2ccc(C)c(C)c2)C1=O. The summed E-state index contributed by atoms with van der Waals surface area (Å²) in [6.45, 7) is 7.61. The van der Waals surface area contributed by atoms with Crippen LogP contribution in [0, 0.1) is 13.8 Å². The molecule has 1 saturated heterocycles. The van der Waals surface area contributed by atoms with E-state index >= 15 is 0 Å². The van der Waals surface area contributed by atoms with E-state index in [1.807, 2.05) is 64.1 Å². The second-order valence-electron chi connectivity index (χ2n) is 7.49.